The Morgan fingerprint density at radius 1 is 1.17 bits per heavy atom. The maximum absolute atomic E-state index is 12.5. The largest absolute Gasteiger partial charge is 0.417 e. The van der Waals surface area contributed by atoms with Crippen molar-refractivity contribution < 1.29 is 22.8 Å². The van der Waals surface area contributed by atoms with E-state index in [1.165, 1.54) is 17.8 Å². The van der Waals surface area contributed by atoms with Gasteiger partial charge in [0.25, 0.3) is 0 Å². The Balaban J connectivity index is 1.98. The van der Waals surface area contributed by atoms with Crippen LogP contribution in [0.25, 0.3) is 0 Å². The molecule has 1 fully saturated rings. The molecule has 1 aromatic rings. The molecule has 23 heavy (non-hydrogen) atoms. The van der Waals surface area contributed by atoms with Crippen molar-refractivity contribution in [2.45, 2.75) is 44.3 Å². The highest BCUT2D eigenvalue weighted by Crippen LogP contribution is 2.40. The maximum atomic E-state index is 12.5. The van der Waals surface area contributed by atoms with Gasteiger partial charge in [0.2, 0.25) is 0 Å². The van der Waals surface area contributed by atoms with Crippen LogP contribution in [0.3, 0.4) is 0 Å². The molecule has 1 aliphatic carbocycles. The summed E-state index contributed by atoms with van der Waals surface area (Å²) in [6.07, 6.45) is -2.76. The quantitative estimate of drug-likeness (QED) is 0.607. The minimum Gasteiger partial charge on any atom is -0.299 e. The second-order valence-electron chi connectivity index (χ2n) is 6.52. The molecule has 1 heterocycles. The van der Waals surface area contributed by atoms with E-state index < -0.39 is 11.7 Å². The summed E-state index contributed by atoms with van der Waals surface area (Å²) in [6, 6.07) is 2.36. The van der Waals surface area contributed by atoms with Crippen LogP contribution < -0.4 is 0 Å². The normalized spacial score (nSPS) is 17.6. The molecular formula is C16H18F3NO2S. The Morgan fingerprint density at radius 3 is 2.26 bits per heavy atom. The van der Waals surface area contributed by atoms with Crippen LogP contribution in [0.5, 0.6) is 0 Å². The van der Waals surface area contributed by atoms with E-state index in [1.54, 1.807) is 0 Å². The fourth-order valence-corrected chi connectivity index (χ4v) is 3.60. The Kier molecular flexibility index (Phi) is 5.18. The van der Waals surface area contributed by atoms with Gasteiger partial charge < -0.3 is 0 Å². The number of carbonyl (C=O) groups excluding carboxylic acids is 2. The minimum absolute atomic E-state index is 0.0280. The van der Waals surface area contributed by atoms with Gasteiger partial charge in [-0.15, -0.1) is 11.8 Å². The van der Waals surface area contributed by atoms with Gasteiger partial charge in [-0.25, -0.2) is 4.98 Å². The molecule has 0 N–H and O–H groups in total. The number of halogens is 3. The topological polar surface area (TPSA) is 47.0 Å². The van der Waals surface area contributed by atoms with E-state index in [4.69, 9.17) is 0 Å². The monoisotopic (exact) mass is 345 g/mol. The SMILES string of the molecule is CC(C)(CSc1ccc(C(F)(F)F)cn1)C1CC(=O)CC(=O)C1. The van der Waals surface area contributed by atoms with Gasteiger partial charge in [-0.05, 0) is 23.5 Å². The van der Waals surface area contributed by atoms with Crippen LogP contribution >= 0.6 is 11.8 Å². The summed E-state index contributed by atoms with van der Waals surface area (Å²) in [5.74, 6) is 0.489. The molecule has 1 aliphatic rings. The molecule has 126 valence electrons. The average molecular weight is 345 g/mol. The van der Waals surface area contributed by atoms with Crippen molar-refractivity contribution in [3.05, 3.63) is 23.9 Å². The minimum atomic E-state index is -4.39. The molecule has 0 aliphatic heterocycles. The highest BCUT2D eigenvalue weighted by Gasteiger charge is 2.36. The van der Waals surface area contributed by atoms with Crippen molar-refractivity contribution >= 4 is 23.3 Å². The average Bonchev–Trinajstić information content (AvgIpc) is 2.44. The van der Waals surface area contributed by atoms with E-state index in [9.17, 15) is 22.8 Å². The molecule has 0 spiro atoms. The van der Waals surface area contributed by atoms with Crippen molar-refractivity contribution in [1.82, 2.24) is 4.98 Å². The van der Waals surface area contributed by atoms with Crippen molar-refractivity contribution in [3.8, 4) is 0 Å². The molecular weight excluding hydrogens is 327 g/mol. The van der Waals surface area contributed by atoms with Crippen molar-refractivity contribution in [1.29, 1.82) is 0 Å². The van der Waals surface area contributed by atoms with Crippen LogP contribution in [0, 0.1) is 11.3 Å². The Hall–Kier alpha value is -1.37. The number of carbonyl (C=O) groups is 2. The summed E-state index contributed by atoms with van der Waals surface area (Å²) < 4.78 is 37.5. The Morgan fingerprint density at radius 2 is 1.78 bits per heavy atom. The van der Waals surface area contributed by atoms with Gasteiger partial charge in [0.1, 0.15) is 11.6 Å². The zero-order valence-electron chi connectivity index (χ0n) is 12.9. The number of Topliss-reactive ketones (excluding diaryl/α,β-unsaturated/α-hetero) is 2. The van der Waals surface area contributed by atoms with Crippen LogP contribution in [-0.2, 0) is 15.8 Å². The first-order chi connectivity index (χ1) is 10.6. The predicted octanol–water partition coefficient (Wildman–Crippen LogP) is 4.16. The number of thioether (sulfide) groups is 1. The lowest BCUT2D eigenvalue weighted by atomic mass is 9.71. The first-order valence-corrected chi connectivity index (χ1v) is 8.26. The van der Waals surface area contributed by atoms with Gasteiger partial charge in [0, 0.05) is 24.8 Å². The number of hydrogen-bond acceptors (Lipinski definition) is 4. The highest BCUT2D eigenvalue weighted by molar-refractivity contribution is 7.99. The maximum Gasteiger partial charge on any atom is 0.417 e. The molecule has 1 aromatic heterocycles. The van der Waals surface area contributed by atoms with Crippen molar-refractivity contribution in [2.24, 2.45) is 11.3 Å². The van der Waals surface area contributed by atoms with Gasteiger partial charge in [-0.2, -0.15) is 13.2 Å². The lowest BCUT2D eigenvalue weighted by Crippen LogP contribution is -2.34. The molecule has 2 rings (SSSR count). The number of ketones is 2. The molecule has 0 radical (unpaired) electrons. The summed E-state index contributed by atoms with van der Waals surface area (Å²) in [5, 5.41) is 0.500. The number of alkyl halides is 3. The van der Waals surface area contributed by atoms with Crippen molar-refractivity contribution in [3.63, 3.8) is 0 Å². The van der Waals surface area contributed by atoms with Crippen LogP contribution in [0.15, 0.2) is 23.4 Å². The van der Waals surface area contributed by atoms with Crippen molar-refractivity contribution in [2.75, 3.05) is 5.75 Å². The lowest BCUT2D eigenvalue weighted by Gasteiger charge is -2.35. The molecule has 0 unspecified atom stereocenters. The zero-order chi connectivity index (χ0) is 17.3. The standard InChI is InChI=1S/C16H18F3NO2S/c1-15(2,11-5-12(21)7-13(22)6-11)9-23-14-4-3-10(8-20-14)16(17,18)19/h3-4,8,11H,5-7,9H2,1-2H3. The molecule has 0 aromatic carbocycles. The van der Waals surface area contributed by atoms with E-state index >= 15 is 0 Å². The molecule has 0 amide bonds. The second kappa shape index (κ2) is 6.63. The fraction of sp³-hybridized carbons (Fsp3) is 0.562. The number of pyridine rings is 1. The number of rotatable bonds is 4. The van der Waals surface area contributed by atoms with E-state index in [-0.39, 0.29) is 29.3 Å². The van der Waals surface area contributed by atoms with Crippen LogP contribution in [0.2, 0.25) is 0 Å². The van der Waals surface area contributed by atoms with E-state index in [0.717, 1.165) is 12.3 Å². The second-order valence-corrected chi connectivity index (χ2v) is 7.52. The fourth-order valence-electron chi connectivity index (χ4n) is 2.55. The van der Waals surface area contributed by atoms with Crippen LogP contribution in [-0.4, -0.2) is 22.3 Å². The third-order valence-corrected chi connectivity index (χ3v) is 5.53. The third-order valence-electron chi connectivity index (χ3n) is 4.10. The number of nitrogens with zero attached hydrogens (tertiary/aromatic N) is 1. The van der Waals surface area contributed by atoms with Crippen LogP contribution in [0.1, 0.15) is 38.7 Å². The van der Waals surface area contributed by atoms with Gasteiger partial charge in [0.05, 0.1) is 17.0 Å². The predicted molar refractivity (Wildman–Crippen MR) is 81.1 cm³/mol. The molecule has 1 saturated carbocycles. The summed E-state index contributed by atoms with van der Waals surface area (Å²) in [6.45, 7) is 3.95. The van der Waals surface area contributed by atoms with Gasteiger partial charge in [-0.1, -0.05) is 13.8 Å². The van der Waals surface area contributed by atoms with E-state index in [2.05, 4.69) is 4.98 Å². The number of hydrogen-bond donors (Lipinski definition) is 0. The summed E-state index contributed by atoms with van der Waals surface area (Å²) in [4.78, 5) is 27.0. The van der Waals surface area contributed by atoms with Gasteiger partial charge >= 0.3 is 6.18 Å². The Bertz CT molecular complexity index is 580. The van der Waals surface area contributed by atoms with Crippen LogP contribution in [0.4, 0.5) is 13.2 Å². The summed E-state index contributed by atoms with van der Waals surface area (Å²) in [7, 11) is 0. The first-order valence-electron chi connectivity index (χ1n) is 7.27. The molecule has 0 saturated heterocycles. The molecule has 7 heteroatoms. The molecule has 0 bridgehead atoms. The van der Waals surface area contributed by atoms with Gasteiger partial charge in [-0.3, -0.25) is 9.59 Å². The number of aromatic nitrogens is 1. The van der Waals surface area contributed by atoms with E-state index in [1.807, 2.05) is 13.8 Å². The molecule has 3 nitrogen and oxygen atoms in total. The highest BCUT2D eigenvalue weighted by atomic mass is 32.2. The van der Waals surface area contributed by atoms with E-state index in [0.29, 0.717) is 23.6 Å². The first kappa shape index (κ1) is 18.0. The lowest BCUT2D eigenvalue weighted by molar-refractivity contribution is -0.138. The molecule has 0 atom stereocenters. The summed E-state index contributed by atoms with van der Waals surface area (Å²) in [5.41, 5.74) is -1.05. The Labute approximate surface area is 137 Å². The van der Waals surface area contributed by atoms with Gasteiger partial charge in [0.15, 0.2) is 0 Å². The smallest absolute Gasteiger partial charge is 0.299 e. The summed E-state index contributed by atoms with van der Waals surface area (Å²) >= 11 is 1.34. The zero-order valence-corrected chi connectivity index (χ0v) is 13.8. The third kappa shape index (κ3) is 4.80.